The van der Waals surface area contributed by atoms with Crippen molar-refractivity contribution in [3.05, 3.63) is 88.9 Å². The number of anilines is 2. The Morgan fingerprint density at radius 2 is 1.46 bits per heavy atom. The van der Waals surface area contributed by atoms with Gasteiger partial charge in [-0.2, -0.15) is 5.10 Å². The van der Waals surface area contributed by atoms with E-state index in [1.807, 2.05) is 6.92 Å². The fourth-order valence-electron chi connectivity index (χ4n) is 7.44. The molecule has 4 heterocycles. The number of nitrogens with two attached hydrogens (primary N) is 2. The number of allylic oxidation sites excluding steroid dienone is 3. The number of aliphatic imine (C=N–C) groups is 1. The third-order valence-corrected chi connectivity index (χ3v) is 11.2. The lowest BCUT2D eigenvalue weighted by molar-refractivity contribution is -0.138. The molecule has 5 aromatic rings. The molecule has 0 radical (unpaired) electrons. The number of benzene rings is 2. The van der Waals surface area contributed by atoms with Crippen LogP contribution in [-0.2, 0) is 38.8 Å². The van der Waals surface area contributed by atoms with Crippen molar-refractivity contribution < 1.29 is 43.0 Å². The van der Waals surface area contributed by atoms with Crippen LogP contribution in [0, 0.1) is 6.92 Å². The Labute approximate surface area is 402 Å². The minimum atomic E-state index is -0.750. The SMILES string of the molecule is CCN=C(/C=C(/C)NC)C(=O)Nc1nc2cc(C(N)=O)cc(OC)c2n1C/C=C/Cn1c(NC(=O)c2cn(CC)nc2C)nc2cc(C(N)=O)cc(OCCCN(C)C(=O)CCN3C(=O)C=CC3=O)c21. The number of fused-ring (bicyclic) bond motifs is 2. The molecule has 0 atom stereocenters. The van der Waals surface area contributed by atoms with Crippen LogP contribution in [0.2, 0.25) is 0 Å². The van der Waals surface area contributed by atoms with Gasteiger partial charge in [0, 0.05) is 95.0 Å². The van der Waals surface area contributed by atoms with Crippen molar-refractivity contribution in [2.75, 3.05) is 58.1 Å². The lowest BCUT2D eigenvalue weighted by atomic mass is 10.1. The topological polar surface area (TPSA) is 298 Å². The van der Waals surface area contributed by atoms with Gasteiger partial charge in [0.25, 0.3) is 23.6 Å². The van der Waals surface area contributed by atoms with E-state index in [1.165, 1.54) is 36.3 Å². The van der Waals surface area contributed by atoms with E-state index in [-0.39, 0.29) is 90.9 Å². The van der Waals surface area contributed by atoms with Crippen LogP contribution in [0.1, 0.15) is 70.4 Å². The number of amides is 7. The van der Waals surface area contributed by atoms with Crippen molar-refractivity contribution in [3.63, 3.8) is 0 Å². The molecule has 6 rings (SSSR count). The number of nitrogens with zero attached hydrogens (tertiary/aromatic N) is 9. The monoisotopic (exact) mass is 960 g/mol. The number of aryl methyl sites for hydroxylation is 2. The summed E-state index contributed by atoms with van der Waals surface area (Å²) in [5.74, 6) is -3.01. The highest BCUT2D eigenvalue weighted by Crippen LogP contribution is 2.33. The van der Waals surface area contributed by atoms with Gasteiger partial charge in [0.2, 0.25) is 29.6 Å². The standard InChI is InChI=1S/C47H56N14O9/c1-8-51-34(21-27(3)50-5)45(68)55-47-52-32-22-29(42(48)65)24-35(69-7)40(32)60(47)17-10-11-18-61-41-33(53-46(61)54-44(67)31-26-58(9-2)56-28(31)4)23-30(43(49)66)25-36(41)70-20-12-16-57(6)37(62)15-19-59-38(63)13-14-39(59)64/h10-11,13-14,21-26,50H,8-9,12,15-20H2,1-7H3,(H2,48,65)(H2,49,66)(H,52,55,68)(H,53,54,67)/b11-10+,27-21-,51-34?. The van der Waals surface area contributed by atoms with Gasteiger partial charge >= 0.3 is 0 Å². The van der Waals surface area contributed by atoms with Crippen molar-refractivity contribution in [2.24, 2.45) is 16.5 Å². The number of imidazole rings is 2. The molecule has 0 spiro atoms. The average Bonchev–Trinajstić information content (AvgIpc) is 4.09. The Balaban J connectivity index is 1.33. The molecule has 0 unspecified atom stereocenters. The zero-order valence-corrected chi connectivity index (χ0v) is 40.0. The maximum absolute atomic E-state index is 13.8. The van der Waals surface area contributed by atoms with Crippen molar-refractivity contribution in [1.82, 2.24) is 44.0 Å². The molecule has 23 nitrogen and oxygen atoms in total. The van der Waals surface area contributed by atoms with E-state index in [1.54, 1.807) is 73.1 Å². The van der Waals surface area contributed by atoms with Gasteiger partial charge in [-0.15, -0.1) is 0 Å². The van der Waals surface area contributed by atoms with Gasteiger partial charge in [-0.25, -0.2) is 9.97 Å². The largest absolute Gasteiger partial charge is 0.494 e. The van der Waals surface area contributed by atoms with Crippen molar-refractivity contribution in [2.45, 2.75) is 60.2 Å². The number of primary amides is 2. The molecule has 368 valence electrons. The summed E-state index contributed by atoms with van der Waals surface area (Å²) in [6.07, 6.45) is 9.41. The van der Waals surface area contributed by atoms with E-state index >= 15 is 0 Å². The number of aromatic nitrogens is 6. The Morgan fingerprint density at radius 3 is 2.00 bits per heavy atom. The molecule has 1 aliphatic rings. The van der Waals surface area contributed by atoms with E-state index in [2.05, 4.69) is 31.0 Å². The molecule has 0 bridgehead atoms. The lowest BCUT2D eigenvalue weighted by Gasteiger charge is -2.19. The van der Waals surface area contributed by atoms with Crippen molar-refractivity contribution in [1.29, 1.82) is 0 Å². The molecule has 23 heteroatoms. The van der Waals surface area contributed by atoms with Gasteiger partial charge in [0.05, 0.1) is 36.0 Å². The van der Waals surface area contributed by atoms with Crippen molar-refractivity contribution in [3.8, 4) is 11.5 Å². The summed E-state index contributed by atoms with van der Waals surface area (Å²) in [5.41, 5.74) is 14.7. The van der Waals surface area contributed by atoms with Crippen LogP contribution in [0.5, 0.6) is 11.5 Å². The molecule has 0 aliphatic carbocycles. The second-order valence-electron chi connectivity index (χ2n) is 15.9. The second-order valence-corrected chi connectivity index (χ2v) is 15.9. The third kappa shape index (κ3) is 11.5. The Kier molecular flexibility index (Phi) is 16.3. The van der Waals surface area contributed by atoms with Crippen LogP contribution in [-0.4, -0.2) is 133 Å². The molecule has 3 aromatic heterocycles. The molecular weight excluding hydrogens is 905 g/mol. The predicted octanol–water partition coefficient (Wildman–Crippen LogP) is 2.69. The number of rotatable bonds is 23. The van der Waals surface area contributed by atoms with Crippen LogP contribution in [0.4, 0.5) is 11.9 Å². The third-order valence-electron chi connectivity index (χ3n) is 11.2. The Morgan fingerprint density at radius 1 is 0.871 bits per heavy atom. The zero-order chi connectivity index (χ0) is 50.8. The molecule has 0 saturated carbocycles. The van der Waals surface area contributed by atoms with E-state index < -0.39 is 35.4 Å². The first kappa shape index (κ1) is 50.8. The highest BCUT2D eigenvalue weighted by Gasteiger charge is 2.26. The average molecular weight is 961 g/mol. The van der Waals surface area contributed by atoms with E-state index in [4.69, 9.17) is 25.9 Å². The van der Waals surface area contributed by atoms with Gasteiger partial charge in [-0.05, 0) is 64.5 Å². The quantitative estimate of drug-likeness (QED) is 0.0273. The Hall–Kier alpha value is -8.63. The van der Waals surface area contributed by atoms with Gasteiger partial charge in [0.1, 0.15) is 28.2 Å². The summed E-state index contributed by atoms with van der Waals surface area (Å²) < 4.78 is 17.0. The highest BCUT2D eigenvalue weighted by atomic mass is 16.5. The molecule has 70 heavy (non-hydrogen) atoms. The molecule has 2 aromatic carbocycles. The number of hydrogen-bond acceptors (Lipinski definition) is 14. The number of imide groups is 1. The Bertz CT molecular complexity index is 2990. The van der Waals surface area contributed by atoms with Gasteiger partial charge in [-0.3, -0.25) is 58.8 Å². The number of nitrogens with one attached hydrogen (secondary N) is 3. The van der Waals surface area contributed by atoms with Crippen molar-refractivity contribution >= 4 is 81.0 Å². The van der Waals surface area contributed by atoms with Gasteiger partial charge < -0.3 is 40.3 Å². The summed E-state index contributed by atoms with van der Waals surface area (Å²) in [7, 11) is 4.75. The summed E-state index contributed by atoms with van der Waals surface area (Å²) in [6.45, 7) is 8.51. The number of carbonyl (C=O) groups is 7. The number of ether oxygens (including phenoxy) is 2. The van der Waals surface area contributed by atoms with Crippen LogP contribution in [0.3, 0.4) is 0 Å². The minimum absolute atomic E-state index is 0.0490. The second kappa shape index (κ2) is 22.4. The molecule has 7 N–H and O–H groups in total. The zero-order valence-electron chi connectivity index (χ0n) is 40.0. The number of carbonyl (C=O) groups excluding carboxylic acids is 7. The molecule has 0 fully saturated rings. The maximum atomic E-state index is 13.8. The molecule has 7 amide bonds. The van der Waals surface area contributed by atoms with E-state index in [0.717, 1.165) is 17.1 Å². The van der Waals surface area contributed by atoms with E-state index in [0.29, 0.717) is 53.0 Å². The summed E-state index contributed by atoms with van der Waals surface area (Å²) in [4.78, 5) is 106. The summed E-state index contributed by atoms with van der Waals surface area (Å²) >= 11 is 0. The fourth-order valence-corrected chi connectivity index (χ4v) is 7.44. The summed E-state index contributed by atoms with van der Waals surface area (Å²) in [5, 5.41) is 13.2. The minimum Gasteiger partial charge on any atom is -0.494 e. The first-order chi connectivity index (χ1) is 33.5. The smallest absolute Gasteiger partial charge is 0.276 e. The lowest BCUT2D eigenvalue weighted by Crippen LogP contribution is -2.36. The molecular formula is C47H56N14O9. The van der Waals surface area contributed by atoms with Gasteiger partial charge in [0.15, 0.2) is 0 Å². The van der Waals surface area contributed by atoms with Crippen LogP contribution in [0.25, 0.3) is 22.1 Å². The fraction of sp³-hybridized carbons (Fsp3) is 0.340. The van der Waals surface area contributed by atoms with Gasteiger partial charge in [-0.1, -0.05) is 12.2 Å². The van der Waals surface area contributed by atoms with Crippen LogP contribution < -0.4 is 36.9 Å². The van der Waals surface area contributed by atoms with Crippen LogP contribution >= 0.6 is 0 Å². The molecule has 1 aliphatic heterocycles. The molecule has 0 saturated heterocycles. The maximum Gasteiger partial charge on any atom is 0.276 e. The summed E-state index contributed by atoms with van der Waals surface area (Å²) in [6, 6.07) is 5.94. The highest BCUT2D eigenvalue weighted by molar-refractivity contribution is 6.47. The first-order valence-corrected chi connectivity index (χ1v) is 22.3. The number of hydrogen-bond donors (Lipinski definition) is 5. The first-order valence-electron chi connectivity index (χ1n) is 22.3. The van der Waals surface area contributed by atoms with E-state index in [9.17, 15) is 33.6 Å². The normalized spacial score (nSPS) is 12.9. The van der Waals surface area contributed by atoms with Crippen LogP contribution in [0.15, 0.2) is 71.5 Å². The number of methoxy groups -OCH3 is 1. The predicted molar refractivity (Wildman–Crippen MR) is 260 cm³/mol.